The van der Waals surface area contributed by atoms with Crippen LogP contribution in [0.5, 0.6) is 0 Å². The Hall–Kier alpha value is -15.6. The van der Waals surface area contributed by atoms with Crippen molar-refractivity contribution < 1.29 is 0 Å². The van der Waals surface area contributed by atoms with Crippen molar-refractivity contribution in [2.24, 2.45) is 0 Å². The van der Waals surface area contributed by atoms with Gasteiger partial charge in [0.05, 0.1) is 44.1 Å². The molecule has 0 radical (unpaired) electrons. The minimum absolute atomic E-state index is 1.16. The third kappa shape index (κ3) is 11.8. The number of aromatic nitrogens is 4. The van der Waals surface area contributed by atoms with Gasteiger partial charge in [-0.1, -0.05) is 315 Å². The Kier molecular flexibility index (Phi) is 16.2. The van der Waals surface area contributed by atoms with E-state index in [2.05, 4.69) is 467 Å². The molecule has 0 spiro atoms. The van der Waals surface area contributed by atoms with Gasteiger partial charge in [0.1, 0.15) is 0 Å². The van der Waals surface area contributed by atoms with E-state index in [9.17, 15) is 0 Å². The fourth-order valence-corrected chi connectivity index (χ4v) is 18.5. The summed E-state index contributed by atoms with van der Waals surface area (Å²) < 4.78 is 9.62. The minimum atomic E-state index is 1.16. The maximum absolute atomic E-state index is 2.41. The van der Waals surface area contributed by atoms with Crippen LogP contribution in [0.1, 0.15) is 0 Å². The second kappa shape index (κ2) is 28.2. The Labute approximate surface area is 682 Å². The molecule has 550 valence electrons. The van der Waals surface area contributed by atoms with Crippen LogP contribution < -0.4 is 0 Å². The van der Waals surface area contributed by atoms with Crippen molar-refractivity contribution in [2.45, 2.75) is 0 Å². The molecule has 0 aliphatic heterocycles. The van der Waals surface area contributed by atoms with Crippen LogP contribution in [-0.2, 0) is 0 Å². The zero-order valence-electron chi connectivity index (χ0n) is 64.5. The normalized spacial score (nSPS) is 11.7. The predicted octanol–water partition coefficient (Wildman–Crippen LogP) is 30.9. The van der Waals surface area contributed by atoms with Gasteiger partial charge in [0, 0.05) is 65.8 Å². The van der Waals surface area contributed by atoms with Crippen molar-refractivity contribution in [2.75, 3.05) is 0 Å². The first-order chi connectivity index (χ1) is 58.5. The highest BCUT2D eigenvalue weighted by atomic mass is 15.0. The molecule has 0 fully saturated rings. The number of hydrogen-bond acceptors (Lipinski definition) is 0. The summed E-state index contributed by atoms with van der Waals surface area (Å²) in [5, 5.41) is 17.5. The Bertz CT molecular complexity index is 8060. The van der Waals surface area contributed by atoms with Gasteiger partial charge in [0.15, 0.2) is 0 Å². The monoisotopic (exact) mass is 1500 g/mol. The standard InChI is InChI=1S/C58H38N2.C56H36N2/c1-3-11-39(12-4-1)41-25-30-49(31-26-41)59-55-17-9-7-15-51(55)53-37-47(28-33-57(53)59)42-19-21-43(22-20-42)48-29-34-58-54(38-48)52-16-8-10-18-56(52)60(58)50-32-27-45-35-44(23-24-46(45)36-50)40-13-5-2-6-14-40;1-2-10-37(11-3-1)42-22-23-44-34-48(29-25-43(44)32-42)58-54-17-9-7-15-50(54)52-36-46(27-31-56(52)58)40-20-18-39(19-21-40)45-26-30-55-51(35-45)49-14-6-8-16-53(49)57(55)47-28-24-38-12-4-5-13-41(38)33-47/h1-38H;1-36H. The van der Waals surface area contributed by atoms with Crippen LogP contribution in [0.15, 0.2) is 449 Å². The van der Waals surface area contributed by atoms with Gasteiger partial charge in [-0.2, -0.15) is 0 Å². The molecule has 0 bridgehead atoms. The summed E-state index contributed by atoms with van der Waals surface area (Å²) in [6, 6.07) is 164. The molecule has 4 nitrogen and oxygen atoms in total. The maximum atomic E-state index is 2.41. The number of hydrogen-bond donors (Lipinski definition) is 0. The van der Waals surface area contributed by atoms with Gasteiger partial charge in [-0.05, 0) is 244 Å². The van der Waals surface area contributed by atoms with E-state index in [4.69, 9.17) is 0 Å². The van der Waals surface area contributed by atoms with Gasteiger partial charge in [-0.15, -0.1) is 0 Å². The van der Waals surface area contributed by atoms with Gasteiger partial charge in [0.2, 0.25) is 0 Å². The van der Waals surface area contributed by atoms with E-state index in [1.807, 2.05) is 0 Å². The first kappa shape index (κ1) is 68.0. The molecule has 0 N–H and O–H groups in total. The fraction of sp³-hybridized carbons (Fsp3) is 0. The average Bonchev–Trinajstić information content (AvgIpc) is 1.64. The molecule has 20 aromatic carbocycles. The van der Waals surface area contributed by atoms with Crippen LogP contribution in [0, 0.1) is 0 Å². The topological polar surface area (TPSA) is 19.7 Å². The summed E-state index contributed by atoms with van der Waals surface area (Å²) in [7, 11) is 0. The van der Waals surface area contributed by atoms with E-state index in [0.717, 1.165) is 5.69 Å². The largest absolute Gasteiger partial charge is 0.309 e. The van der Waals surface area contributed by atoms with Crippen molar-refractivity contribution in [3.05, 3.63) is 449 Å². The van der Waals surface area contributed by atoms with Crippen LogP contribution >= 0.6 is 0 Å². The lowest BCUT2D eigenvalue weighted by molar-refractivity contribution is 1.18. The van der Waals surface area contributed by atoms with E-state index in [1.165, 1.54) is 214 Å². The number of benzene rings is 20. The van der Waals surface area contributed by atoms with E-state index in [1.54, 1.807) is 0 Å². The van der Waals surface area contributed by atoms with Crippen molar-refractivity contribution in [1.29, 1.82) is 0 Å². The van der Waals surface area contributed by atoms with Crippen molar-refractivity contribution in [3.8, 4) is 101 Å². The predicted molar refractivity (Wildman–Crippen MR) is 501 cm³/mol. The molecule has 4 heteroatoms. The molecule has 0 amide bonds. The second-order valence-electron chi connectivity index (χ2n) is 31.2. The van der Waals surface area contributed by atoms with Crippen LogP contribution in [0.25, 0.3) is 220 Å². The molecule has 0 saturated heterocycles. The maximum Gasteiger partial charge on any atom is 0.0541 e. The summed E-state index contributed by atoms with van der Waals surface area (Å²) >= 11 is 0. The summed E-state index contributed by atoms with van der Waals surface area (Å²) in [4.78, 5) is 0. The molecule has 0 saturated carbocycles. The van der Waals surface area contributed by atoms with Crippen LogP contribution in [0.2, 0.25) is 0 Å². The van der Waals surface area contributed by atoms with E-state index >= 15 is 0 Å². The molecule has 4 heterocycles. The summed E-state index contributed by atoms with van der Waals surface area (Å²) in [6.45, 7) is 0. The summed E-state index contributed by atoms with van der Waals surface area (Å²) in [5.74, 6) is 0. The highest BCUT2D eigenvalue weighted by molar-refractivity contribution is 6.15. The van der Waals surface area contributed by atoms with Crippen LogP contribution in [0.4, 0.5) is 0 Å². The van der Waals surface area contributed by atoms with Crippen molar-refractivity contribution in [1.82, 2.24) is 18.3 Å². The molecule has 4 aromatic heterocycles. The SMILES string of the molecule is c1ccc(-c2ccc(-n3c4ccccc4c4cc(-c5ccc(-c6ccc7c(c6)c6ccccc6n7-c6ccc7cc(-c8ccccc8)ccc7c6)cc5)ccc43)cc2)cc1.c1ccc(-c2ccc3cc(-n4c5ccccc5c5cc(-c6ccc(-c7ccc8c(c7)c7ccccc7n8-c7ccc8ccccc8c7)cc6)ccc54)ccc3c2)cc1. The highest BCUT2D eigenvalue weighted by Crippen LogP contribution is 2.43. The van der Waals surface area contributed by atoms with Gasteiger partial charge in [-0.3, -0.25) is 0 Å². The van der Waals surface area contributed by atoms with Crippen molar-refractivity contribution >= 4 is 120 Å². The molecule has 0 aliphatic carbocycles. The second-order valence-corrected chi connectivity index (χ2v) is 31.2. The van der Waals surface area contributed by atoms with Crippen molar-refractivity contribution in [3.63, 3.8) is 0 Å². The molecule has 24 aromatic rings. The third-order valence-corrected chi connectivity index (χ3v) is 24.4. The van der Waals surface area contributed by atoms with Gasteiger partial charge in [0.25, 0.3) is 0 Å². The zero-order chi connectivity index (χ0) is 77.7. The van der Waals surface area contributed by atoms with Gasteiger partial charge < -0.3 is 18.3 Å². The molecule has 0 aliphatic rings. The Morgan fingerprint density at radius 2 is 0.297 bits per heavy atom. The number of para-hydroxylation sites is 4. The zero-order valence-corrected chi connectivity index (χ0v) is 64.5. The van der Waals surface area contributed by atoms with Crippen LogP contribution in [0.3, 0.4) is 0 Å². The lowest BCUT2D eigenvalue weighted by Gasteiger charge is -2.11. The lowest BCUT2D eigenvalue weighted by atomic mass is 9.98. The van der Waals surface area contributed by atoms with Gasteiger partial charge in [-0.25, -0.2) is 0 Å². The number of rotatable bonds is 11. The average molecular weight is 1500 g/mol. The quantitative estimate of drug-likeness (QED) is 0.123. The Morgan fingerprint density at radius 3 is 0.644 bits per heavy atom. The first-order valence-electron chi connectivity index (χ1n) is 40.7. The van der Waals surface area contributed by atoms with E-state index in [-0.39, 0.29) is 0 Å². The third-order valence-electron chi connectivity index (χ3n) is 24.4. The summed E-state index contributed by atoms with van der Waals surface area (Å²) in [5.41, 5.74) is 31.4. The lowest BCUT2D eigenvalue weighted by Crippen LogP contribution is -1.94. The smallest absolute Gasteiger partial charge is 0.0541 e. The Morgan fingerprint density at radius 1 is 0.102 bits per heavy atom. The molecule has 24 rings (SSSR count). The first-order valence-corrected chi connectivity index (χ1v) is 40.7. The molecule has 118 heavy (non-hydrogen) atoms. The fourth-order valence-electron chi connectivity index (χ4n) is 18.5. The molecular formula is C114H74N4. The summed E-state index contributed by atoms with van der Waals surface area (Å²) in [6.07, 6.45) is 0. The van der Waals surface area contributed by atoms with E-state index in [0.29, 0.717) is 0 Å². The number of nitrogens with zero attached hydrogens (tertiary/aromatic N) is 4. The molecular weight excluding hydrogens is 1430 g/mol. The van der Waals surface area contributed by atoms with E-state index < -0.39 is 0 Å². The minimum Gasteiger partial charge on any atom is -0.309 e. The Balaban J connectivity index is 0.000000138. The molecule has 0 unspecified atom stereocenters. The number of fused-ring (bicyclic) bond motifs is 15. The van der Waals surface area contributed by atoms with Gasteiger partial charge >= 0.3 is 0 Å². The molecule has 0 atom stereocenters. The van der Waals surface area contributed by atoms with Crippen LogP contribution in [-0.4, -0.2) is 18.3 Å². The highest BCUT2D eigenvalue weighted by Gasteiger charge is 2.21.